The van der Waals surface area contributed by atoms with Crippen molar-refractivity contribution in [1.29, 1.82) is 0 Å². The Labute approximate surface area is 156 Å². The van der Waals surface area contributed by atoms with E-state index in [-0.39, 0.29) is 12.5 Å². The van der Waals surface area contributed by atoms with E-state index >= 15 is 0 Å². The minimum atomic E-state index is -0.393. The van der Waals surface area contributed by atoms with Crippen molar-refractivity contribution in [2.24, 2.45) is 0 Å². The highest BCUT2D eigenvalue weighted by Crippen LogP contribution is 2.29. The summed E-state index contributed by atoms with van der Waals surface area (Å²) in [5.74, 6) is -0.628. The number of hydrogen-bond acceptors (Lipinski definition) is 4. The standard InChI is InChI=1S/C18H18Cl2N2O3/c1-22(10-12-5-3-6-13(9-12)18(24)25-2)11-16(23)21-17-14(19)7-4-8-15(17)20/h3-9H,10-11H2,1-2H3,(H,21,23). The number of likely N-dealkylation sites (N-methyl/N-ethyl adjacent to an activating group) is 1. The molecule has 0 aromatic heterocycles. The van der Waals surface area contributed by atoms with Crippen molar-refractivity contribution in [3.8, 4) is 0 Å². The molecule has 0 radical (unpaired) electrons. The van der Waals surface area contributed by atoms with Crippen LogP contribution < -0.4 is 5.32 Å². The molecule has 25 heavy (non-hydrogen) atoms. The summed E-state index contributed by atoms with van der Waals surface area (Å²) in [6.07, 6.45) is 0. The van der Waals surface area contributed by atoms with Crippen molar-refractivity contribution in [2.45, 2.75) is 6.54 Å². The molecule has 0 bridgehead atoms. The zero-order valence-electron chi connectivity index (χ0n) is 13.9. The number of carbonyl (C=O) groups excluding carboxylic acids is 2. The van der Waals surface area contributed by atoms with E-state index in [0.29, 0.717) is 27.8 Å². The second-order valence-electron chi connectivity index (χ2n) is 5.51. The average Bonchev–Trinajstić information content (AvgIpc) is 2.57. The molecule has 1 amide bonds. The van der Waals surface area contributed by atoms with Crippen LogP contribution in [-0.2, 0) is 16.1 Å². The van der Waals surface area contributed by atoms with Gasteiger partial charge in [0.25, 0.3) is 0 Å². The van der Waals surface area contributed by atoms with Crippen LogP contribution in [0.5, 0.6) is 0 Å². The number of carbonyl (C=O) groups is 2. The van der Waals surface area contributed by atoms with Crippen LogP contribution >= 0.6 is 23.2 Å². The summed E-state index contributed by atoms with van der Waals surface area (Å²) in [5, 5.41) is 3.48. The first-order valence-corrected chi connectivity index (χ1v) is 8.26. The van der Waals surface area contributed by atoms with E-state index in [1.165, 1.54) is 7.11 Å². The summed E-state index contributed by atoms with van der Waals surface area (Å²) in [4.78, 5) is 25.6. The molecular weight excluding hydrogens is 363 g/mol. The number of para-hydroxylation sites is 1. The zero-order chi connectivity index (χ0) is 18.4. The predicted octanol–water partition coefficient (Wildman–Crippen LogP) is 3.85. The maximum Gasteiger partial charge on any atom is 0.337 e. The molecule has 0 aliphatic rings. The van der Waals surface area contributed by atoms with Crippen LogP contribution in [0.15, 0.2) is 42.5 Å². The maximum atomic E-state index is 12.2. The summed E-state index contributed by atoms with van der Waals surface area (Å²) >= 11 is 12.1. The van der Waals surface area contributed by atoms with Gasteiger partial charge in [-0.15, -0.1) is 0 Å². The lowest BCUT2D eigenvalue weighted by atomic mass is 10.1. The number of amides is 1. The van der Waals surface area contributed by atoms with E-state index in [1.54, 1.807) is 43.4 Å². The molecule has 5 nitrogen and oxygen atoms in total. The Balaban J connectivity index is 1.97. The minimum Gasteiger partial charge on any atom is -0.465 e. The van der Waals surface area contributed by atoms with Gasteiger partial charge < -0.3 is 10.1 Å². The molecule has 132 valence electrons. The third-order valence-electron chi connectivity index (χ3n) is 3.44. The van der Waals surface area contributed by atoms with Gasteiger partial charge >= 0.3 is 5.97 Å². The molecule has 1 N–H and O–H groups in total. The third-order valence-corrected chi connectivity index (χ3v) is 4.07. The molecule has 0 heterocycles. The first kappa shape index (κ1) is 19.2. The third kappa shape index (κ3) is 5.46. The Morgan fingerprint density at radius 1 is 1.12 bits per heavy atom. The van der Waals surface area contributed by atoms with Gasteiger partial charge in [0.15, 0.2) is 0 Å². The van der Waals surface area contributed by atoms with Crippen LogP contribution in [0.2, 0.25) is 10.0 Å². The molecule has 0 unspecified atom stereocenters. The first-order chi connectivity index (χ1) is 11.9. The van der Waals surface area contributed by atoms with Crippen LogP contribution in [0.3, 0.4) is 0 Å². The topological polar surface area (TPSA) is 58.6 Å². The van der Waals surface area contributed by atoms with Crippen molar-refractivity contribution in [1.82, 2.24) is 4.90 Å². The Morgan fingerprint density at radius 3 is 2.40 bits per heavy atom. The van der Waals surface area contributed by atoms with Crippen molar-refractivity contribution in [3.05, 3.63) is 63.6 Å². The largest absolute Gasteiger partial charge is 0.465 e. The highest BCUT2D eigenvalue weighted by Gasteiger charge is 2.13. The Morgan fingerprint density at radius 2 is 1.76 bits per heavy atom. The molecule has 0 fully saturated rings. The fourth-order valence-electron chi connectivity index (χ4n) is 2.32. The lowest BCUT2D eigenvalue weighted by Gasteiger charge is -2.17. The van der Waals surface area contributed by atoms with E-state index in [2.05, 4.69) is 5.32 Å². The Bertz CT molecular complexity index is 760. The number of halogens is 2. The highest BCUT2D eigenvalue weighted by atomic mass is 35.5. The second kappa shape index (κ2) is 8.85. The first-order valence-electron chi connectivity index (χ1n) is 7.50. The molecular formula is C18H18Cl2N2O3. The number of esters is 1. The molecule has 0 aliphatic carbocycles. The van der Waals surface area contributed by atoms with Crippen LogP contribution in [0.4, 0.5) is 5.69 Å². The SMILES string of the molecule is COC(=O)c1cccc(CN(C)CC(=O)Nc2c(Cl)cccc2Cl)c1. The minimum absolute atomic E-state index is 0.143. The smallest absolute Gasteiger partial charge is 0.337 e. The quantitative estimate of drug-likeness (QED) is 0.773. The number of benzene rings is 2. The van der Waals surface area contributed by atoms with Gasteiger partial charge in [0.05, 0.1) is 35.0 Å². The summed E-state index contributed by atoms with van der Waals surface area (Å²) in [5.41, 5.74) is 1.77. The number of rotatable bonds is 6. The van der Waals surface area contributed by atoms with Crippen molar-refractivity contribution in [3.63, 3.8) is 0 Å². The van der Waals surface area contributed by atoms with E-state index in [4.69, 9.17) is 27.9 Å². The lowest BCUT2D eigenvalue weighted by molar-refractivity contribution is -0.117. The molecule has 0 aliphatic heterocycles. The number of methoxy groups -OCH3 is 1. The number of ether oxygens (including phenoxy) is 1. The molecule has 7 heteroatoms. The maximum absolute atomic E-state index is 12.2. The summed E-state index contributed by atoms with van der Waals surface area (Å²) in [6.45, 7) is 0.637. The van der Waals surface area contributed by atoms with E-state index in [0.717, 1.165) is 5.56 Å². The fraction of sp³-hybridized carbons (Fsp3) is 0.222. The van der Waals surface area contributed by atoms with Crippen molar-refractivity contribution >= 4 is 40.8 Å². The average molecular weight is 381 g/mol. The van der Waals surface area contributed by atoms with E-state index < -0.39 is 5.97 Å². The van der Waals surface area contributed by atoms with E-state index in [9.17, 15) is 9.59 Å². The van der Waals surface area contributed by atoms with Gasteiger partial charge in [-0.2, -0.15) is 0 Å². The molecule has 2 rings (SSSR count). The molecule has 0 atom stereocenters. The Hall–Kier alpha value is -2.08. The zero-order valence-corrected chi connectivity index (χ0v) is 15.4. The van der Waals surface area contributed by atoms with Crippen LogP contribution in [0, 0.1) is 0 Å². The number of hydrogen-bond donors (Lipinski definition) is 1. The number of nitrogens with zero attached hydrogens (tertiary/aromatic N) is 1. The molecule has 0 saturated carbocycles. The predicted molar refractivity (Wildman–Crippen MR) is 99.2 cm³/mol. The lowest BCUT2D eigenvalue weighted by Crippen LogP contribution is -2.30. The highest BCUT2D eigenvalue weighted by molar-refractivity contribution is 6.39. The monoisotopic (exact) mass is 380 g/mol. The van der Waals surface area contributed by atoms with Gasteiger partial charge in [-0.1, -0.05) is 41.4 Å². The van der Waals surface area contributed by atoms with Crippen LogP contribution in [0.1, 0.15) is 15.9 Å². The Kier molecular flexibility index (Phi) is 6.82. The van der Waals surface area contributed by atoms with Gasteiger partial charge in [-0.25, -0.2) is 4.79 Å². The van der Waals surface area contributed by atoms with Gasteiger partial charge in [-0.05, 0) is 36.9 Å². The summed E-state index contributed by atoms with van der Waals surface area (Å²) in [7, 11) is 3.14. The van der Waals surface area contributed by atoms with Gasteiger partial charge in [0.1, 0.15) is 0 Å². The summed E-state index contributed by atoms with van der Waals surface area (Å²) in [6, 6.07) is 12.1. The van der Waals surface area contributed by atoms with Crippen LogP contribution in [-0.4, -0.2) is 37.5 Å². The van der Waals surface area contributed by atoms with Crippen molar-refractivity contribution in [2.75, 3.05) is 26.0 Å². The molecule has 2 aromatic carbocycles. The van der Waals surface area contributed by atoms with E-state index in [1.807, 2.05) is 11.0 Å². The fourth-order valence-corrected chi connectivity index (χ4v) is 2.82. The van der Waals surface area contributed by atoms with Gasteiger partial charge in [0.2, 0.25) is 5.91 Å². The van der Waals surface area contributed by atoms with Gasteiger partial charge in [-0.3, -0.25) is 9.69 Å². The van der Waals surface area contributed by atoms with Gasteiger partial charge in [0, 0.05) is 6.54 Å². The normalized spacial score (nSPS) is 10.6. The number of nitrogens with one attached hydrogen (secondary N) is 1. The number of anilines is 1. The molecule has 0 saturated heterocycles. The molecule has 2 aromatic rings. The summed E-state index contributed by atoms with van der Waals surface area (Å²) < 4.78 is 4.71. The molecule has 0 spiro atoms. The second-order valence-corrected chi connectivity index (χ2v) is 6.32. The van der Waals surface area contributed by atoms with Crippen LogP contribution in [0.25, 0.3) is 0 Å². The van der Waals surface area contributed by atoms with Crippen molar-refractivity contribution < 1.29 is 14.3 Å².